The minimum Gasteiger partial charge on any atom is -0.480 e. The summed E-state index contributed by atoms with van der Waals surface area (Å²) in [6.45, 7) is 1.00. The summed E-state index contributed by atoms with van der Waals surface area (Å²) in [5.74, 6) is -3.75. The number of carboxylic acids is 1. The van der Waals surface area contributed by atoms with E-state index in [9.17, 15) is 24.0 Å². The number of nitrogens with one attached hydrogen (secondary N) is 3. The van der Waals surface area contributed by atoms with Crippen LogP contribution < -0.4 is 16.1 Å². The Labute approximate surface area is 221 Å². The first-order chi connectivity index (χ1) is 18.2. The van der Waals surface area contributed by atoms with Crippen molar-refractivity contribution < 1.29 is 34.3 Å². The van der Waals surface area contributed by atoms with Gasteiger partial charge in [0.25, 0.3) is 11.8 Å². The van der Waals surface area contributed by atoms with Crippen LogP contribution in [0.25, 0.3) is 0 Å². The Balaban J connectivity index is 1.87. The van der Waals surface area contributed by atoms with E-state index in [0.29, 0.717) is 6.42 Å². The lowest BCUT2D eigenvalue weighted by Crippen LogP contribution is -2.52. The lowest BCUT2D eigenvalue weighted by molar-refractivity contribution is -0.138. The minimum atomic E-state index is -1.28. The number of hydrogen-bond donors (Lipinski definition) is 5. The van der Waals surface area contributed by atoms with Crippen LogP contribution in [0.2, 0.25) is 0 Å². The van der Waals surface area contributed by atoms with E-state index in [4.69, 9.17) is 10.3 Å². The lowest BCUT2D eigenvalue weighted by Gasteiger charge is -2.22. The molecule has 204 valence electrons. The molecule has 0 fully saturated rings. The molecule has 1 atom stereocenters. The Morgan fingerprint density at radius 3 is 2.08 bits per heavy atom. The van der Waals surface area contributed by atoms with E-state index in [1.54, 1.807) is 18.2 Å². The summed E-state index contributed by atoms with van der Waals surface area (Å²) in [7, 11) is 0. The number of carbonyl (C=O) groups is 5. The maximum atomic E-state index is 12.6. The third-order valence-electron chi connectivity index (χ3n) is 5.71. The molecule has 0 heterocycles. The molecule has 0 aromatic heterocycles. The van der Waals surface area contributed by atoms with Gasteiger partial charge in [-0.1, -0.05) is 55.8 Å². The fraction of sp³-hybridized carbons (Fsp3) is 0.370. The van der Waals surface area contributed by atoms with Gasteiger partial charge in [0.15, 0.2) is 0 Å². The van der Waals surface area contributed by atoms with Crippen molar-refractivity contribution in [3.05, 3.63) is 71.3 Å². The number of rotatable bonds is 15. The molecule has 0 bridgehead atoms. The first kappa shape index (κ1) is 30.0. The van der Waals surface area contributed by atoms with E-state index in [-0.39, 0.29) is 37.4 Å². The predicted octanol–water partition coefficient (Wildman–Crippen LogP) is 1.30. The predicted molar refractivity (Wildman–Crippen MR) is 138 cm³/mol. The topological polar surface area (TPSA) is 165 Å². The van der Waals surface area contributed by atoms with Crippen LogP contribution in [-0.4, -0.2) is 70.5 Å². The number of nitrogens with zero attached hydrogens (tertiary/aromatic N) is 1. The molecule has 5 N–H and O–H groups in total. The van der Waals surface area contributed by atoms with E-state index >= 15 is 0 Å². The van der Waals surface area contributed by atoms with E-state index in [2.05, 4.69) is 17.6 Å². The number of hydroxylamine groups is 1. The summed E-state index contributed by atoms with van der Waals surface area (Å²) in [6, 6.07) is 14.8. The van der Waals surface area contributed by atoms with Crippen LogP contribution in [0.15, 0.2) is 54.6 Å². The summed E-state index contributed by atoms with van der Waals surface area (Å²) in [6.07, 6.45) is 2.40. The molecule has 0 aliphatic carbocycles. The number of benzene rings is 2. The third-order valence-corrected chi connectivity index (χ3v) is 5.71. The first-order valence-corrected chi connectivity index (χ1v) is 12.4. The normalized spacial score (nSPS) is 11.2. The zero-order valence-electron chi connectivity index (χ0n) is 21.3. The van der Waals surface area contributed by atoms with Gasteiger partial charge in [-0.3, -0.25) is 29.2 Å². The van der Waals surface area contributed by atoms with Crippen molar-refractivity contribution in [1.29, 1.82) is 0 Å². The van der Waals surface area contributed by atoms with Gasteiger partial charge in [-0.25, -0.2) is 5.48 Å². The molecule has 4 amide bonds. The number of aliphatic carboxylic acids is 1. The van der Waals surface area contributed by atoms with Gasteiger partial charge in [-0.15, -0.1) is 0 Å². The van der Waals surface area contributed by atoms with Crippen molar-refractivity contribution in [3.63, 3.8) is 0 Å². The molecule has 0 spiro atoms. The molecule has 11 nitrogen and oxygen atoms in total. The number of hydrogen-bond acceptors (Lipinski definition) is 6. The van der Waals surface area contributed by atoms with Crippen molar-refractivity contribution in [2.24, 2.45) is 0 Å². The zero-order chi connectivity index (χ0) is 27.9. The Bertz CT molecular complexity index is 1090. The SMILES string of the molecule is CCCc1ccc(CCC(=O)NC[C@H](NC(=O)CCN(CC(=O)O)C(=O)c2ccccc2)C(=O)NO)cc1. The van der Waals surface area contributed by atoms with E-state index in [1.165, 1.54) is 23.2 Å². The monoisotopic (exact) mass is 526 g/mol. The average molecular weight is 527 g/mol. The molecular weight excluding hydrogens is 492 g/mol. The fourth-order valence-corrected chi connectivity index (χ4v) is 3.69. The molecule has 0 saturated heterocycles. The first-order valence-electron chi connectivity index (χ1n) is 12.4. The van der Waals surface area contributed by atoms with Gasteiger partial charge in [0.1, 0.15) is 12.6 Å². The van der Waals surface area contributed by atoms with Gasteiger partial charge in [-0.2, -0.15) is 0 Å². The molecular formula is C27H34N4O7. The highest BCUT2D eigenvalue weighted by Crippen LogP contribution is 2.09. The van der Waals surface area contributed by atoms with Crippen molar-refractivity contribution in [3.8, 4) is 0 Å². The van der Waals surface area contributed by atoms with Crippen LogP contribution >= 0.6 is 0 Å². The Kier molecular flexibility index (Phi) is 12.4. The molecule has 0 aliphatic rings. The third kappa shape index (κ3) is 10.4. The van der Waals surface area contributed by atoms with Crippen LogP contribution in [-0.2, 0) is 32.0 Å². The maximum absolute atomic E-state index is 12.6. The molecule has 0 aliphatic heterocycles. The van der Waals surface area contributed by atoms with E-state index < -0.39 is 36.3 Å². The molecule has 2 aromatic rings. The largest absolute Gasteiger partial charge is 0.480 e. The van der Waals surface area contributed by atoms with Crippen molar-refractivity contribution in [1.82, 2.24) is 21.0 Å². The summed E-state index contributed by atoms with van der Waals surface area (Å²) < 4.78 is 0. The van der Waals surface area contributed by atoms with Gasteiger partial charge < -0.3 is 20.6 Å². The lowest BCUT2D eigenvalue weighted by atomic mass is 10.0. The molecule has 2 rings (SSSR count). The summed E-state index contributed by atoms with van der Waals surface area (Å²) >= 11 is 0. The molecule has 0 unspecified atom stereocenters. The van der Waals surface area contributed by atoms with Crippen LogP contribution in [0.3, 0.4) is 0 Å². The average Bonchev–Trinajstić information content (AvgIpc) is 2.92. The molecule has 0 radical (unpaired) electrons. The number of carboxylic acid groups (broad SMARTS) is 1. The smallest absolute Gasteiger partial charge is 0.323 e. The maximum Gasteiger partial charge on any atom is 0.323 e. The second kappa shape index (κ2) is 15.8. The van der Waals surface area contributed by atoms with E-state index in [1.807, 2.05) is 24.3 Å². The number of carbonyl (C=O) groups excluding carboxylic acids is 4. The molecule has 0 saturated carbocycles. The van der Waals surface area contributed by atoms with Crippen LogP contribution in [0.5, 0.6) is 0 Å². The van der Waals surface area contributed by atoms with Crippen LogP contribution in [0.4, 0.5) is 0 Å². The van der Waals surface area contributed by atoms with Crippen molar-refractivity contribution in [2.45, 2.75) is 45.1 Å². The minimum absolute atomic E-state index is 0.167. The quantitative estimate of drug-likeness (QED) is 0.172. The van der Waals surface area contributed by atoms with Crippen molar-refractivity contribution in [2.75, 3.05) is 19.6 Å². The van der Waals surface area contributed by atoms with Gasteiger partial charge in [-0.05, 0) is 36.1 Å². The highest BCUT2D eigenvalue weighted by molar-refractivity contribution is 5.96. The van der Waals surface area contributed by atoms with Crippen molar-refractivity contribution >= 4 is 29.6 Å². The highest BCUT2D eigenvalue weighted by Gasteiger charge is 2.23. The fourth-order valence-electron chi connectivity index (χ4n) is 3.69. The highest BCUT2D eigenvalue weighted by atomic mass is 16.5. The van der Waals surface area contributed by atoms with Gasteiger partial charge in [0.05, 0.1) is 0 Å². The summed E-state index contributed by atoms with van der Waals surface area (Å²) in [5.41, 5.74) is 3.94. The molecule has 38 heavy (non-hydrogen) atoms. The van der Waals surface area contributed by atoms with Gasteiger partial charge in [0, 0.05) is 31.5 Å². The standard InChI is InChI=1S/C27H34N4O7/c1-2-6-19-9-11-20(12-10-19)13-14-23(32)28-17-22(26(36)30-38)29-24(33)15-16-31(18-25(34)35)27(37)21-7-4-3-5-8-21/h3-5,7-12,22,38H,2,6,13-18H2,1H3,(H,28,32)(H,29,33)(H,30,36)(H,34,35)/t22-/m0/s1. The second-order valence-corrected chi connectivity index (χ2v) is 8.70. The summed E-state index contributed by atoms with van der Waals surface area (Å²) in [4.78, 5) is 61.7. The zero-order valence-corrected chi connectivity index (χ0v) is 21.3. The second-order valence-electron chi connectivity index (χ2n) is 8.70. The van der Waals surface area contributed by atoms with Crippen LogP contribution in [0, 0.1) is 0 Å². The van der Waals surface area contributed by atoms with Gasteiger partial charge >= 0.3 is 5.97 Å². The van der Waals surface area contributed by atoms with Crippen LogP contribution in [0.1, 0.15) is 47.7 Å². The number of aryl methyl sites for hydroxylation is 2. The number of amides is 4. The van der Waals surface area contributed by atoms with E-state index in [0.717, 1.165) is 23.3 Å². The van der Waals surface area contributed by atoms with Gasteiger partial charge in [0.2, 0.25) is 11.8 Å². The Hall–Kier alpha value is -4.25. The Morgan fingerprint density at radius 1 is 0.868 bits per heavy atom. The molecule has 2 aromatic carbocycles. The molecule has 11 heteroatoms. The summed E-state index contributed by atoms with van der Waals surface area (Å²) in [5, 5.41) is 23.1. The Morgan fingerprint density at radius 2 is 1.50 bits per heavy atom.